The van der Waals surface area contributed by atoms with E-state index in [0.717, 1.165) is 23.6 Å². The van der Waals surface area contributed by atoms with Crippen molar-refractivity contribution < 1.29 is 23.5 Å². The molecule has 0 spiro atoms. The van der Waals surface area contributed by atoms with Crippen molar-refractivity contribution in [2.75, 3.05) is 18.4 Å². The summed E-state index contributed by atoms with van der Waals surface area (Å²) in [5, 5.41) is 12.0. The van der Waals surface area contributed by atoms with Crippen molar-refractivity contribution in [2.45, 2.75) is 19.0 Å². The van der Waals surface area contributed by atoms with Crippen molar-refractivity contribution in [3.05, 3.63) is 65.2 Å². The fourth-order valence-electron chi connectivity index (χ4n) is 4.57. The predicted molar refractivity (Wildman–Crippen MR) is 105 cm³/mol. The van der Waals surface area contributed by atoms with Crippen LogP contribution in [0.5, 0.6) is 5.75 Å². The summed E-state index contributed by atoms with van der Waals surface area (Å²) in [5.74, 6) is -1.82. The fourth-order valence-corrected chi connectivity index (χ4v) is 4.57. The van der Waals surface area contributed by atoms with Gasteiger partial charge in [-0.1, -0.05) is 18.2 Å². The van der Waals surface area contributed by atoms with Crippen LogP contribution in [0.1, 0.15) is 17.5 Å². The Morgan fingerprint density at radius 3 is 2.67 bits per heavy atom. The van der Waals surface area contributed by atoms with Gasteiger partial charge in [0.2, 0.25) is 5.91 Å². The maximum atomic E-state index is 14.1. The lowest BCUT2D eigenvalue weighted by atomic mass is 10.00. The maximum Gasteiger partial charge on any atom is 0.322 e. The smallest absolute Gasteiger partial charge is 0.322 e. The van der Waals surface area contributed by atoms with Crippen LogP contribution in [-0.4, -0.2) is 46.0 Å². The Labute approximate surface area is 171 Å². The average Bonchev–Trinajstić information content (AvgIpc) is 3.34. The van der Waals surface area contributed by atoms with Gasteiger partial charge in [-0.05, 0) is 47.7 Å². The first-order chi connectivity index (χ1) is 14.4. The molecule has 3 amide bonds. The molecule has 2 N–H and O–H groups in total. The number of benzene rings is 2. The minimum Gasteiger partial charge on any atom is -0.508 e. The third-order valence-corrected chi connectivity index (χ3v) is 6.03. The minimum absolute atomic E-state index is 0.0371. The summed E-state index contributed by atoms with van der Waals surface area (Å²) in [4.78, 5) is 28.3. The number of hydrogen-bond acceptors (Lipinski definition) is 3. The molecule has 0 saturated carbocycles. The molecule has 1 saturated heterocycles. The highest BCUT2D eigenvalue weighted by Crippen LogP contribution is 2.42. The average molecular weight is 411 g/mol. The van der Waals surface area contributed by atoms with Crippen LogP contribution < -0.4 is 5.32 Å². The highest BCUT2D eigenvalue weighted by atomic mass is 19.2. The summed E-state index contributed by atoms with van der Waals surface area (Å²) in [5.41, 5.74) is 2.23. The molecule has 2 aromatic rings. The summed E-state index contributed by atoms with van der Waals surface area (Å²) >= 11 is 0. The van der Waals surface area contributed by atoms with Gasteiger partial charge in [0.25, 0.3) is 0 Å². The zero-order valence-corrected chi connectivity index (χ0v) is 15.9. The number of anilines is 1. The molecule has 2 bridgehead atoms. The van der Waals surface area contributed by atoms with E-state index in [9.17, 15) is 23.5 Å². The van der Waals surface area contributed by atoms with Gasteiger partial charge in [-0.3, -0.25) is 4.79 Å². The topological polar surface area (TPSA) is 72.9 Å². The molecule has 8 heteroatoms. The molecule has 2 aromatic carbocycles. The molecule has 0 radical (unpaired) electrons. The van der Waals surface area contributed by atoms with Crippen LogP contribution in [0.3, 0.4) is 0 Å². The Balaban J connectivity index is 1.33. The van der Waals surface area contributed by atoms with Gasteiger partial charge in [0, 0.05) is 12.1 Å². The monoisotopic (exact) mass is 411 g/mol. The van der Waals surface area contributed by atoms with E-state index in [-0.39, 0.29) is 48.0 Å². The van der Waals surface area contributed by atoms with Crippen LogP contribution in [0, 0.1) is 17.6 Å². The van der Waals surface area contributed by atoms with E-state index in [4.69, 9.17) is 0 Å². The highest BCUT2D eigenvalue weighted by molar-refractivity contribution is 5.95. The number of carbonyl (C=O) groups excluding carboxylic acids is 2. The molecule has 3 aliphatic rings. The minimum atomic E-state index is -1.01. The Hall–Kier alpha value is -3.42. The molecule has 2 atom stereocenters. The standard InChI is InChI=1S/C22H19F2N3O3/c23-17-5-6-18-16(21(17)24)10-26(22(30)25-18)11-20(29)27-9-12-7-15(19(27)8-12)13-1-3-14(28)4-2-13/h1-7,12,19,28H,8-11H2,(H,25,30). The van der Waals surface area contributed by atoms with Crippen molar-refractivity contribution in [3.8, 4) is 5.75 Å². The third-order valence-electron chi connectivity index (χ3n) is 6.03. The van der Waals surface area contributed by atoms with E-state index in [2.05, 4.69) is 11.4 Å². The summed E-state index contributed by atoms with van der Waals surface area (Å²) in [6.07, 6.45) is 2.97. The normalized spacial score (nSPS) is 22.1. The van der Waals surface area contributed by atoms with Gasteiger partial charge in [0.15, 0.2) is 11.6 Å². The molecule has 1 fully saturated rings. The molecule has 154 valence electrons. The Bertz CT molecular complexity index is 1080. The number of urea groups is 1. The Morgan fingerprint density at radius 2 is 1.93 bits per heavy atom. The van der Waals surface area contributed by atoms with Crippen molar-refractivity contribution in [1.82, 2.24) is 9.80 Å². The van der Waals surface area contributed by atoms with Gasteiger partial charge in [0.1, 0.15) is 12.3 Å². The van der Waals surface area contributed by atoms with Gasteiger partial charge in [-0.15, -0.1) is 0 Å². The molecular weight excluding hydrogens is 392 g/mol. The van der Waals surface area contributed by atoms with E-state index in [1.54, 1.807) is 17.0 Å². The molecule has 5 rings (SSSR count). The molecule has 6 nitrogen and oxygen atoms in total. The fraction of sp³-hybridized carbons (Fsp3) is 0.273. The van der Waals surface area contributed by atoms with Crippen LogP contribution in [0.2, 0.25) is 0 Å². The second kappa shape index (κ2) is 6.83. The second-order valence-electron chi connectivity index (χ2n) is 7.90. The quantitative estimate of drug-likeness (QED) is 0.814. The molecule has 0 aromatic heterocycles. The SMILES string of the molecule is O=C1Nc2ccc(F)c(F)c2CN1CC(=O)N1CC2C=C(c3ccc(O)cc3)C1C2. The summed E-state index contributed by atoms with van der Waals surface area (Å²) in [6, 6.07) is 8.52. The number of aromatic hydroxyl groups is 1. The number of fused-ring (bicyclic) bond motifs is 3. The van der Waals surface area contributed by atoms with Crippen molar-refractivity contribution in [1.29, 1.82) is 0 Å². The maximum absolute atomic E-state index is 14.1. The van der Waals surface area contributed by atoms with Crippen molar-refractivity contribution in [3.63, 3.8) is 0 Å². The number of phenolic OH excluding ortho intramolecular Hbond substituents is 1. The largest absolute Gasteiger partial charge is 0.508 e. The van der Waals surface area contributed by atoms with Gasteiger partial charge < -0.3 is 20.2 Å². The summed E-state index contributed by atoms with van der Waals surface area (Å²) < 4.78 is 27.7. The number of nitrogens with one attached hydrogen (secondary N) is 1. The highest BCUT2D eigenvalue weighted by Gasteiger charge is 2.42. The number of hydrogen-bond donors (Lipinski definition) is 2. The second-order valence-corrected chi connectivity index (χ2v) is 7.90. The Morgan fingerprint density at radius 1 is 1.17 bits per heavy atom. The molecular formula is C22H19F2N3O3. The predicted octanol–water partition coefficient (Wildman–Crippen LogP) is 3.33. The molecule has 2 heterocycles. The van der Waals surface area contributed by atoms with Gasteiger partial charge >= 0.3 is 6.03 Å². The van der Waals surface area contributed by atoms with Crippen molar-refractivity contribution in [2.24, 2.45) is 5.92 Å². The molecule has 2 aliphatic heterocycles. The number of nitrogens with zero attached hydrogens (tertiary/aromatic N) is 2. The first kappa shape index (κ1) is 18.6. The number of phenols is 1. The lowest BCUT2D eigenvalue weighted by Crippen LogP contribution is -2.48. The van der Waals surface area contributed by atoms with Crippen LogP contribution >= 0.6 is 0 Å². The van der Waals surface area contributed by atoms with Gasteiger partial charge in [-0.2, -0.15) is 0 Å². The molecule has 1 aliphatic carbocycles. The number of amides is 3. The number of rotatable bonds is 3. The zero-order valence-electron chi connectivity index (χ0n) is 15.9. The van der Waals surface area contributed by atoms with E-state index in [1.807, 2.05) is 12.1 Å². The van der Waals surface area contributed by atoms with E-state index in [1.165, 1.54) is 11.0 Å². The van der Waals surface area contributed by atoms with Crippen LogP contribution in [0.25, 0.3) is 5.57 Å². The van der Waals surface area contributed by atoms with Gasteiger partial charge in [0.05, 0.1) is 18.3 Å². The van der Waals surface area contributed by atoms with Crippen LogP contribution in [0.4, 0.5) is 19.3 Å². The molecule has 2 unspecified atom stereocenters. The zero-order chi connectivity index (χ0) is 21.0. The lowest BCUT2D eigenvalue weighted by Gasteiger charge is -2.33. The van der Waals surface area contributed by atoms with Gasteiger partial charge in [-0.25, -0.2) is 13.6 Å². The van der Waals surface area contributed by atoms with Crippen LogP contribution in [-0.2, 0) is 11.3 Å². The van der Waals surface area contributed by atoms with E-state index in [0.29, 0.717) is 6.54 Å². The third kappa shape index (κ3) is 2.99. The Kier molecular flexibility index (Phi) is 4.23. The van der Waals surface area contributed by atoms with E-state index >= 15 is 0 Å². The number of carbonyl (C=O) groups is 2. The van der Waals surface area contributed by atoms with Crippen molar-refractivity contribution >= 4 is 23.2 Å². The summed E-state index contributed by atoms with van der Waals surface area (Å²) in [7, 11) is 0. The first-order valence-corrected chi connectivity index (χ1v) is 9.74. The first-order valence-electron chi connectivity index (χ1n) is 9.74. The number of likely N-dealkylation sites (tertiary alicyclic amines) is 1. The lowest BCUT2D eigenvalue weighted by molar-refractivity contribution is -0.132. The summed E-state index contributed by atoms with van der Waals surface area (Å²) in [6.45, 7) is 0.187. The van der Waals surface area contributed by atoms with E-state index < -0.39 is 17.7 Å². The number of halogens is 2. The van der Waals surface area contributed by atoms with Crippen LogP contribution in [0.15, 0.2) is 42.5 Å². The molecule has 30 heavy (non-hydrogen) atoms.